The first-order valence-corrected chi connectivity index (χ1v) is 7.84. The number of halogens is 1. The summed E-state index contributed by atoms with van der Waals surface area (Å²) in [5.74, 6) is 0.569. The van der Waals surface area contributed by atoms with Crippen LogP contribution in [-0.4, -0.2) is 38.1 Å². The minimum absolute atomic E-state index is 0.0519. The second-order valence-corrected chi connectivity index (χ2v) is 5.75. The lowest BCUT2D eigenvalue weighted by Crippen LogP contribution is -2.38. The standard InChI is InChI=1S/C18H21ClN2O2/c1-21(2)17(14-8-4-3-5-9-14)18(22)20-12-13-23-16-11-7-6-10-15(16)19/h3-11,17H,12-13H2,1-2H3,(H,20,22). The van der Waals surface area contributed by atoms with E-state index in [2.05, 4.69) is 5.32 Å². The molecule has 23 heavy (non-hydrogen) atoms. The SMILES string of the molecule is CN(C)C(C(=O)NCCOc1ccccc1Cl)c1ccccc1. The van der Waals surface area contributed by atoms with Gasteiger partial charge in [0.05, 0.1) is 11.6 Å². The number of benzene rings is 2. The highest BCUT2D eigenvalue weighted by Crippen LogP contribution is 2.22. The smallest absolute Gasteiger partial charge is 0.242 e. The topological polar surface area (TPSA) is 41.6 Å². The lowest BCUT2D eigenvalue weighted by Gasteiger charge is -2.23. The molecule has 0 radical (unpaired) electrons. The minimum Gasteiger partial charge on any atom is -0.490 e. The maximum Gasteiger partial charge on any atom is 0.242 e. The van der Waals surface area contributed by atoms with Crippen LogP contribution in [-0.2, 0) is 4.79 Å². The first kappa shape index (κ1) is 17.3. The number of nitrogens with one attached hydrogen (secondary N) is 1. The molecule has 4 nitrogen and oxygen atoms in total. The zero-order valence-electron chi connectivity index (χ0n) is 13.3. The minimum atomic E-state index is -0.323. The van der Waals surface area contributed by atoms with Gasteiger partial charge in [0.15, 0.2) is 0 Å². The van der Waals surface area contributed by atoms with Crippen LogP contribution in [0, 0.1) is 0 Å². The zero-order valence-corrected chi connectivity index (χ0v) is 14.1. The number of carbonyl (C=O) groups is 1. The maximum absolute atomic E-state index is 12.4. The Morgan fingerprint density at radius 1 is 1.13 bits per heavy atom. The molecule has 2 aromatic carbocycles. The van der Waals surface area contributed by atoms with E-state index in [4.69, 9.17) is 16.3 Å². The van der Waals surface area contributed by atoms with Crippen molar-refractivity contribution in [2.75, 3.05) is 27.2 Å². The summed E-state index contributed by atoms with van der Waals surface area (Å²) in [5.41, 5.74) is 0.960. The maximum atomic E-state index is 12.4. The van der Waals surface area contributed by atoms with E-state index < -0.39 is 0 Å². The Balaban J connectivity index is 1.87. The highest BCUT2D eigenvalue weighted by atomic mass is 35.5. The van der Waals surface area contributed by atoms with E-state index >= 15 is 0 Å². The lowest BCUT2D eigenvalue weighted by atomic mass is 10.1. The fraction of sp³-hybridized carbons (Fsp3) is 0.278. The molecule has 1 unspecified atom stereocenters. The molecular formula is C18H21ClN2O2. The molecule has 0 aliphatic carbocycles. The highest BCUT2D eigenvalue weighted by Gasteiger charge is 2.22. The average molecular weight is 333 g/mol. The summed E-state index contributed by atoms with van der Waals surface area (Å²) in [7, 11) is 3.77. The summed E-state index contributed by atoms with van der Waals surface area (Å²) < 4.78 is 5.57. The number of carbonyl (C=O) groups excluding carboxylic acids is 1. The molecule has 0 spiro atoms. The predicted octanol–water partition coefficient (Wildman–Crippen LogP) is 3.14. The van der Waals surface area contributed by atoms with Crippen molar-refractivity contribution in [1.82, 2.24) is 10.2 Å². The molecular weight excluding hydrogens is 312 g/mol. The summed E-state index contributed by atoms with van der Waals surface area (Å²) in [6, 6.07) is 16.6. The fourth-order valence-corrected chi connectivity index (χ4v) is 2.50. The van der Waals surface area contributed by atoms with E-state index in [-0.39, 0.29) is 11.9 Å². The number of para-hydroxylation sites is 1. The van der Waals surface area contributed by atoms with E-state index in [9.17, 15) is 4.79 Å². The number of nitrogens with zero attached hydrogens (tertiary/aromatic N) is 1. The second-order valence-electron chi connectivity index (χ2n) is 5.35. The van der Waals surface area contributed by atoms with Crippen LogP contribution in [0.2, 0.25) is 5.02 Å². The van der Waals surface area contributed by atoms with Crippen LogP contribution in [0.3, 0.4) is 0 Å². The number of likely N-dealkylation sites (N-methyl/N-ethyl adjacent to an activating group) is 1. The molecule has 1 N–H and O–H groups in total. The quantitative estimate of drug-likeness (QED) is 0.792. The van der Waals surface area contributed by atoms with Gasteiger partial charge < -0.3 is 10.1 Å². The van der Waals surface area contributed by atoms with E-state index in [0.29, 0.717) is 23.9 Å². The van der Waals surface area contributed by atoms with Crippen LogP contribution in [0.1, 0.15) is 11.6 Å². The van der Waals surface area contributed by atoms with Crippen LogP contribution in [0.25, 0.3) is 0 Å². The van der Waals surface area contributed by atoms with E-state index in [0.717, 1.165) is 5.56 Å². The fourth-order valence-electron chi connectivity index (χ4n) is 2.31. The highest BCUT2D eigenvalue weighted by molar-refractivity contribution is 6.32. The van der Waals surface area contributed by atoms with Crippen molar-refractivity contribution in [3.05, 3.63) is 65.2 Å². The van der Waals surface area contributed by atoms with Crippen molar-refractivity contribution in [3.8, 4) is 5.75 Å². The van der Waals surface area contributed by atoms with Gasteiger partial charge in [-0.2, -0.15) is 0 Å². The molecule has 2 aromatic rings. The van der Waals surface area contributed by atoms with Crippen LogP contribution >= 0.6 is 11.6 Å². The van der Waals surface area contributed by atoms with Crippen molar-refractivity contribution >= 4 is 17.5 Å². The van der Waals surface area contributed by atoms with Gasteiger partial charge in [-0.25, -0.2) is 0 Å². The van der Waals surface area contributed by atoms with Gasteiger partial charge in [-0.05, 0) is 31.8 Å². The van der Waals surface area contributed by atoms with Gasteiger partial charge in [0.25, 0.3) is 0 Å². The van der Waals surface area contributed by atoms with Crippen molar-refractivity contribution in [1.29, 1.82) is 0 Å². The van der Waals surface area contributed by atoms with Crippen LogP contribution < -0.4 is 10.1 Å². The van der Waals surface area contributed by atoms with Gasteiger partial charge in [-0.3, -0.25) is 9.69 Å². The van der Waals surface area contributed by atoms with Gasteiger partial charge >= 0.3 is 0 Å². The third-order valence-electron chi connectivity index (χ3n) is 3.38. The molecule has 122 valence electrons. The first-order valence-electron chi connectivity index (χ1n) is 7.46. The van der Waals surface area contributed by atoms with E-state index in [1.165, 1.54) is 0 Å². The largest absolute Gasteiger partial charge is 0.490 e. The van der Waals surface area contributed by atoms with Crippen molar-refractivity contribution in [2.24, 2.45) is 0 Å². The Kier molecular flexibility index (Phi) is 6.44. The summed E-state index contributed by atoms with van der Waals surface area (Å²) >= 11 is 6.02. The molecule has 0 saturated heterocycles. The molecule has 0 aromatic heterocycles. The average Bonchev–Trinajstić information content (AvgIpc) is 2.54. The summed E-state index contributed by atoms with van der Waals surface area (Å²) in [4.78, 5) is 14.3. The molecule has 0 saturated carbocycles. The third kappa shape index (κ3) is 4.98. The number of rotatable bonds is 7. The number of hydrogen-bond acceptors (Lipinski definition) is 3. The van der Waals surface area contributed by atoms with Crippen LogP contribution in [0.4, 0.5) is 0 Å². The van der Waals surface area contributed by atoms with E-state index in [1.54, 1.807) is 12.1 Å². The first-order chi connectivity index (χ1) is 11.1. The summed E-state index contributed by atoms with van der Waals surface area (Å²) in [6.07, 6.45) is 0. The molecule has 0 fully saturated rings. The Morgan fingerprint density at radius 3 is 2.43 bits per heavy atom. The summed E-state index contributed by atoms with van der Waals surface area (Å²) in [5, 5.41) is 3.47. The van der Waals surface area contributed by atoms with Crippen molar-refractivity contribution in [2.45, 2.75) is 6.04 Å². The molecule has 0 aliphatic rings. The number of ether oxygens (including phenoxy) is 1. The lowest BCUT2D eigenvalue weighted by molar-refractivity contribution is -0.125. The molecule has 0 heterocycles. The van der Waals surface area contributed by atoms with Gasteiger partial charge in [-0.15, -0.1) is 0 Å². The number of amides is 1. The second kappa shape index (κ2) is 8.56. The number of hydrogen-bond donors (Lipinski definition) is 1. The Labute approximate surface area is 142 Å². The van der Waals surface area contributed by atoms with Gasteiger partial charge in [-0.1, -0.05) is 54.1 Å². The predicted molar refractivity (Wildman–Crippen MR) is 92.8 cm³/mol. The Morgan fingerprint density at radius 2 is 1.78 bits per heavy atom. The Bertz CT molecular complexity index is 632. The molecule has 2 rings (SSSR count). The monoisotopic (exact) mass is 332 g/mol. The van der Waals surface area contributed by atoms with Gasteiger partial charge in [0.2, 0.25) is 5.91 Å². The van der Waals surface area contributed by atoms with Crippen LogP contribution in [0.15, 0.2) is 54.6 Å². The molecule has 1 atom stereocenters. The Hall–Kier alpha value is -2.04. The van der Waals surface area contributed by atoms with E-state index in [1.807, 2.05) is 61.5 Å². The third-order valence-corrected chi connectivity index (χ3v) is 3.69. The van der Waals surface area contributed by atoms with Gasteiger partial charge in [0.1, 0.15) is 18.4 Å². The van der Waals surface area contributed by atoms with Crippen molar-refractivity contribution in [3.63, 3.8) is 0 Å². The summed E-state index contributed by atoms with van der Waals surface area (Å²) in [6.45, 7) is 0.783. The van der Waals surface area contributed by atoms with Gasteiger partial charge in [0, 0.05) is 0 Å². The molecule has 0 aliphatic heterocycles. The molecule has 1 amide bonds. The van der Waals surface area contributed by atoms with Crippen molar-refractivity contribution < 1.29 is 9.53 Å². The molecule has 0 bridgehead atoms. The zero-order chi connectivity index (χ0) is 16.7. The normalized spacial score (nSPS) is 12.0. The molecule has 5 heteroatoms. The van der Waals surface area contributed by atoms with Crippen LogP contribution in [0.5, 0.6) is 5.75 Å².